The third-order valence-electron chi connectivity index (χ3n) is 12.7. The van der Waals surface area contributed by atoms with Crippen molar-refractivity contribution in [3.05, 3.63) is 24.3 Å². The fourth-order valence-corrected chi connectivity index (χ4v) is 8.45. The van der Waals surface area contributed by atoms with Crippen molar-refractivity contribution in [2.24, 2.45) is 0 Å². The Morgan fingerprint density at radius 2 is 0.758 bits per heavy atom. The molecule has 0 bridgehead atoms. The summed E-state index contributed by atoms with van der Waals surface area (Å²) in [5.41, 5.74) is 0. The summed E-state index contributed by atoms with van der Waals surface area (Å²) in [5.74, 6) is -0.0720. The van der Waals surface area contributed by atoms with Crippen LogP contribution in [0, 0.1) is 0 Å². The van der Waals surface area contributed by atoms with Crippen molar-refractivity contribution in [3.63, 3.8) is 0 Å². The number of nitrogens with one attached hydrogen (secondary N) is 1. The zero-order chi connectivity index (χ0) is 45.1. The van der Waals surface area contributed by atoms with E-state index < -0.39 is 12.1 Å². The highest BCUT2D eigenvalue weighted by atomic mass is 16.5. The molecule has 0 radical (unpaired) electrons. The Labute approximate surface area is 386 Å². The average molecular weight is 874 g/mol. The van der Waals surface area contributed by atoms with Crippen LogP contribution in [0.15, 0.2) is 24.3 Å². The van der Waals surface area contributed by atoms with E-state index in [2.05, 4.69) is 31.3 Å². The predicted molar refractivity (Wildman–Crippen MR) is 269 cm³/mol. The topological polar surface area (TPSA) is 95.9 Å². The predicted octanol–water partition coefficient (Wildman–Crippen LogP) is 16.7. The molecule has 0 aliphatic carbocycles. The molecule has 0 aromatic rings. The summed E-state index contributed by atoms with van der Waals surface area (Å²) >= 11 is 0. The second kappa shape index (κ2) is 52.0. The molecule has 0 fully saturated rings. The number of carbonyl (C=O) groups is 2. The van der Waals surface area contributed by atoms with E-state index in [1.54, 1.807) is 6.08 Å². The first kappa shape index (κ1) is 60.3. The van der Waals surface area contributed by atoms with Gasteiger partial charge in [-0.2, -0.15) is 0 Å². The molecule has 0 spiro atoms. The van der Waals surface area contributed by atoms with Gasteiger partial charge in [-0.25, -0.2) is 0 Å². The first-order chi connectivity index (χ1) is 30.5. The summed E-state index contributed by atoms with van der Waals surface area (Å²) in [5, 5.41) is 23.0. The molecule has 6 heteroatoms. The molecule has 0 aliphatic rings. The Balaban J connectivity index is 3.42. The Hall–Kier alpha value is -1.66. The number of aliphatic hydroxyl groups is 2. The van der Waals surface area contributed by atoms with Gasteiger partial charge in [0, 0.05) is 12.8 Å². The minimum atomic E-state index is -0.845. The number of unbranched alkanes of at least 4 members (excludes halogenated alkanes) is 38. The third kappa shape index (κ3) is 47.8. The second-order valence-corrected chi connectivity index (χ2v) is 18.9. The van der Waals surface area contributed by atoms with Crippen LogP contribution in [0.5, 0.6) is 0 Å². The number of ether oxygens (including phenoxy) is 1. The van der Waals surface area contributed by atoms with Gasteiger partial charge in [0.15, 0.2) is 0 Å². The van der Waals surface area contributed by atoms with Crippen LogP contribution < -0.4 is 5.32 Å². The third-order valence-corrected chi connectivity index (χ3v) is 12.7. The van der Waals surface area contributed by atoms with Crippen LogP contribution in [0.2, 0.25) is 0 Å². The van der Waals surface area contributed by atoms with Gasteiger partial charge in [-0.15, -0.1) is 0 Å². The van der Waals surface area contributed by atoms with Crippen LogP contribution in [-0.2, 0) is 14.3 Å². The zero-order valence-corrected chi connectivity index (χ0v) is 41.6. The van der Waals surface area contributed by atoms with Crippen molar-refractivity contribution in [2.45, 2.75) is 309 Å². The van der Waals surface area contributed by atoms with Gasteiger partial charge in [-0.3, -0.25) is 9.59 Å². The summed E-state index contributed by atoms with van der Waals surface area (Å²) < 4.78 is 5.46. The van der Waals surface area contributed by atoms with E-state index in [1.165, 1.54) is 225 Å². The first-order valence-electron chi connectivity index (χ1n) is 27.6. The molecule has 2 atom stereocenters. The molecule has 0 aliphatic heterocycles. The van der Waals surface area contributed by atoms with Crippen LogP contribution >= 0.6 is 0 Å². The van der Waals surface area contributed by atoms with Gasteiger partial charge in [0.2, 0.25) is 5.91 Å². The number of rotatable bonds is 51. The van der Waals surface area contributed by atoms with Gasteiger partial charge < -0.3 is 20.3 Å². The molecule has 6 nitrogen and oxygen atoms in total. The molecule has 0 saturated heterocycles. The average Bonchev–Trinajstić information content (AvgIpc) is 3.27. The lowest BCUT2D eigenvalue weighted by Crippen LogP contribution is -2.45. The maximum atomic E-state index is 12.4. The van der Waals surface area contributed by atoms with E-state index in [4.69, 9.17) is 4.74 Å². The Bertz CT molecular complexity index is 966. The van der Waals surface area contributed by atoms with Crippen molar-refractivity contribution in [1.29, 1.82) is 0 Å². The van der Waals surface area contributed by atoms with Crippen LogP contribution in [0.1, 0.15) is 296 Å². The van der Waals surface area contributed by atoms with Crippen molar-refractivity contribution in [3.8, 4) is 0 Å². The van der Waals surface area contributed by atoms with Gasteiger partial charge in [0.25, 0.3) is 0 Å². The monoisotopic (exact) mass is 874 g/mol. The van der Waals surface area contributed by atoms with Crippen LogP contribution in [0.4, 0.5) is 0 Å². The van der Waals surface area contributed by atoms with Crippen LogP contribution in [-0.4, -0.2) is 47.4 Å². The molecule has 0 rings (SSSR count). The van der Waals surface area contributed by atoms with E-state index in [1.807, 2.05) is 6.08 Å². The van der Waals surface area contributed by atoms with E-state index >= 15 is 0 Å². The van der Waals surface area contributed by atoms with Crippen LogP contribution in [0.25, 0.3) is 0 Å². The van der Waals surface area contributed by atoms with Gasteiger partial charge in [0.1, 0.15) is 0 Å². The Morgan fingerprint density at radius 1 is 0.435 bits per heavy atom. The Morgan fingerprint density at radius 3 is 1.16 bits per heavy atom. The van der Waals surface area contributed by atoms with Crippen molar-refractivity contribution in [2.75, 3.05) is 13.2 Å². The molecule has 2 unspecified atom stereocenters. The summed E-state index contributed by atoms with van der Waals surface area (Å²) in [6.07, 6.45) is 61.9. The number of aliphatic hydroxyl groups excluding tert-OH is 2. The number of amides is 1. The molecular weight excluding hydrogens is 767 g/mol. The maximum Gasteiger partial charge on any atom is 0.305 e. The zero-order valence-electron chi connectivity index (χ0n) is 41.6. The van der Waals surface area contributed by atoms with Crippen LogP contribution in [0.3, 0.4) is 0 Å². The van der Waals surface area contributed by atoms with Crippen molar-refractivity contribution < 1.29 is 24.5 Å². The summed E-state index contributed by atoms with van der Waals surface area (Å²) in [4.78, 5) is 24.4. The first-order valence-corrected chi connectivity index (χ1v) is 27.6. The highest BCUT2D eigenvalue weighted by molar-refractivity contribution is 5.76. The normalized spacial score (nSPS) is 12.8. The lowest BCUT2D eigenvalue weighted by molar-refractivity contribution is -0.143. The molecule has 3 N–H and O–H groups in total. The lowest BCUT2D eigenvalue weighted by atomic mass is 10.0. The highest BCUT2D eigenvalue weighted by Gasteiger charge is 2.18. The molecule has 0 aromatic heterocycles. The largest absolute Gasteiger partial charge is 0.466 e. The fourth-order valence-electron chi connectivity index (χ4n) is 8.45. The summed E-state index contributed by atoms with van der Waals surface area (Å²) in [6, 6.07) is -0.629. The van der Waals surface area contributed by atoms with Gasteiger partial charge in [-0.05, 0) is 57.8 Å². The van der Waals surface area contributed by atoms with Gasteiger partial charge in [-0.1, -0.05) is 250 Å². The van der Waals surface area contributed by atoms with E-state index in [0.717, 1.165) is 44.9 Å². The number of hydrogen-bond donors (Lipinski definition) is 3. The molecule has 0 saturated carbocycles. The van der Waals surface area contributed by atoms with E-state index in [0.29, 0.717) is 19.4 Å². The minimum Gasteiger partial charge on any atom is -0.466 e. The standard InChI is InChI=1S/C56H107NO5/c1-3-5-7-9-11-13-15-24-28-32-36-40-44-48-54(59)53(52-58)57-55(60)49-45-41-37-33-29-26-22-20-18-17-19-21-23-27-31-35-39-43-47-51-62-56(61)50-46-42-38-34-30-25-16-14-12-10-8-6-4-2/h14,16,44,48,53-54,58-59H,3-13,15,17-43,45-47,49-52H2,1-2H3,(H,57,60)/b16-14-,48-44+. The van der Waals surface area contributed by atoms with E-state index in [-0.39, 0.29) is 18.5 Å². The molecule has 1 amide bonds. The number of esters is 1. The number of allylic oxidation sites excluding steroid dienone is 3. The SMILES string of the molecule is CCCCCC/C=C\CCCCCCCC(=O)OCCCCCCCCCCCCCCCCCCCCCC(=O)NC(CO)C(O)/C=C/CCCCCCCCCCCCC. The number of hydrogen-bond acceptors (Lipinski definition) is 5. The molecule has 62 heavy (non-hydrogen) atoms. The summed E-state index contributed by atoms with van der Waals surface area (Å²) in [7, 11) is 0. The fraction of sp³-hybridized carbons (Fsp3) is 0.893. The number of carbonyl (C=O) groups excluding carboxylic acids is 2. The quantitative estimate of drug-likeness (QED) is 0.0321. The van der Waals surface area contributed by atoms with Crippen molar-refractivity contribution in [1.82, 2.24) is 5.32 Å². The van der Waals surface area contributed by atoms with Gasteiger partial charge in [0.05, 0.1) is 25.4 Å². The molecular formula is C56H107NO5. The van der Waals surface area contributed by atoms with Crippen molar-refractivity contribution >= 4 is 11.9 Å². The van der Waals surface area contributed by atoms with E-state index in [9.17, 15) is 19.8 Å². The molecule has 366 valence electrons. The summed E-state index contributed by atoms with van der Waals surface area (Å²) in [6.45, 7) is 4.88. The maximum absolute atomic E-state index is 12.4. The minimum absolute atomic E-state index is 0.00112. The molecule has 0 heterocycles. The highest BCUT2D eigenvalue weighted by Crippen LogP contribution is 2.16. The molecule has 0 aromatic carbocycles. The second-order valence-electron chi connectivity index (χ2n) is 18.9. The Kier molecular flexibility index (Phi) is 50.6. The van der Waals surface area contributed by atoms with Gasteiger partial charge >= 0.3 is 5.97 Å². The lowest BCUT2D eigenvalue weighted by Gasteiger charge is -2.20. The smallest absolute Gasteiger partial charge is 0.305 e.